The maximum Gasteiger partial charge on any atom is 0.499 e. The molecule has 0 aliphatic carbocycles. The molecule has 0 atom stereocenters. The molecule has 0 bridgehead atoms. The largest absolute Gasteiger partial charge is 0.499 e. The Bertz CT molecular complexity index is 257. The Kier molecular flexibility index (Phi) is 2.74. The summed E-state index contributed by atoms with van der Waals surface area (Å²) in [6.45, 7) is 7.69. The van der Waals surface area contributed by atoms with Crippen LogP contribution in [0.1, 0.15) is 27.7 Å². The summed E-state index contributed by atoms with van der Waals surface area (Å²) in [5, 5.41) is 0. The number of hydrogen-bond acceptors (Lipinski definition) is 4. The highest BCUT2D eigenvalue weighted by Crippen LogP contribution is 2.37. The standard InChI is InChI=1S/C9H16BNO3/c1-8(2)9(3,4)14-10(13-8)7(5-11)6-12/h5-6H,11H2,1-4H3. The van der Waals surface area contributed by atoms with Crippen LogP contribution in [0.25, 0.3) is 0 Å². The first kappa shape index (κ1) is 11.3. The summed E-state index contributed by atoms with van der Waals surface area (Å²) in [4.78, 5) is 10.6. The maximum atomic E-state index is 10.6. The van der Waals surface area contributed by atoms with E-state index in [4.69, 9.17) is 15.0 Å². The molecule has 1 rings (SSSR count). The van der Waals surface area contributed by atoms with Crippen molar-refractivity contribution >= 4 is 13.4 Å². The van der Waals surface area contributed by atoms with Crippen molar-refractivity contribution in [2.24, 2.45) is 5.73 Å². The van der Waals surface area contributed by atoms with Gasteiger partial charge in [0, 0.05) is 5.47 Å². The van der Waals surface area contributed by atoms with Gasteiger partial charge in [-0.2, -0.15) is 0 Å². The van der Waals surface area contributed by atoms with E-state index in [1.54, 1.807) is 0 Å². The molecule has 0 spiro atoms. The Labute approximate surface area is 84.6 Å². The Morgan fingerprint density at radius 3 is 1.93 bits per heavy atom. The SMILES string of the molecule is CC1(C)OB(C(C=O)=CN)OC1(C)C. The quantitative estimate of drug-likeness (QED) is 0.401. The highest BCUT2D eigenvalue weighted by atomic mass is 16.7. The van der Waals surface area contributed by atoms with E-state index < -0.39 is 18.3 Å². The van der Waals surface area contributed by atoms with Crippen molar-refractivity contribution in [2.75, 3.05) is 0 Å². The average Bonchev–Trinajstić information content (AvgIpc) is 2.23. The van der Waals surface area contributed by atoms with Gasteiger partial charge in [-0.15, -0.1) is 0 Å². The second-order valence-corrected chi connectivity index (χ2v) is 4.37. The first-order valence-corrected chi connectivity index (χ1v) is 4.56. The summed E-state index contributed by atoms with van der Waals surface area (Å²) < 4.78 is 11.2. The van der Waals surface area contributed by atoms with E-state index in [0.29, 0.717) is 11.8 Å². The van der Waals surface area contributed by atoms with Crippen molar-refractivity contribution in [3.05, 3.63) is 11.7 Å². The summed E-state index contributed by atoms with van der Waals surface area (Å²) >= 11 is 0. The Balaban J connectivity index is 2.88. The normalized spacial score (nSPS) is 25.1. The molecule has 2 N–H and O–H groups in total. The van der Waals surface area contributed by atoms with Gasteiger partial charge in [0.05, 0.1) is 11.2 Å². The fraction of sp³-hybridized carbons (Fsp3) is 0.667. The first-order valence-electron chi connectivity index (χ1n) is 4.56. The Morgan fingerprint density at radius 2 is 1.64 bits per heavy atom. The van der Waals surface area contributed by atoms with E-state index in [0.717, 1.165) is 0 Å². The van der Waals surface area contributed by atoms with Gasteiger partial charge in [-0.3, -0.25) is 4.79 Å². The third kappa shape index (κ3) is 1.70. The highest BCUT2D eigenvalue weighted by Gasteiger charge is 2.52. The molecule has 0 unspecified atom stereocenters. The third-order valence-electron chi connectivity index (χ3n) is 2.85. The number of carbonyl (C=O) groups excluding carboxylic acids is 1. The minimum atomic E-state index is -0.650. The lowest BCUT2D eigenvalue weighted by molar-refractivity contribution is -0.104. The zero-order valence-electron chi connectivity index (χ0n) is 9.03. The molecule has 1 fully saturated rings. The molecule has 0 aromatic rings. The lowest BCUT2D eigenvalue weighted by Crippen LogP contribution is -2.41. The van der Waals surface area contributed by atoms with Gasteiger partial charge in [0.2, 0.25) is 0 Å². The van der Waals surface area contributed by atoms with E-state index in [-0.39, 0.29) is 0 Å². The van der Waals surface area contributed by atoms with Crippen LogP contribution in [0.5, 0.6) is 0 Å². The van der Waals surface area contributed by atoms with Crippen LogP contribution in [0, 0.1) is 0 Å². The molecule has 0 aromatic heterocycles. The fourth-order valence-electron chi connectivity index (χ4n) is 1.15. The molecule has 1 saturated heterocycles. The van der Waals surface area contributed by atoms with Gasteiger partial charge in [0.1, 0.15) is 6.29 Å². The van der Waals surface area contributed by atoms with Crippen molar-refractivity contribution in [1.82, 2.24) is 0 Å². The number of allylic oxidation sites excluding steroid dienone is 1. The van der Waals surface area contributed by atoms with Gasteiger partial charge >= 0.3 is 7.12 Å². The average molecular weight is 197 g/mol. The van der Waals surface area contributed by atoms with Crippen LogP contribution in [-0.4, -0.2) is 24.6 Å². The molecule has 0 amide bonds. The summed E-state index contributed by atoms with van der Waals surface area (Å²) in [5.74, 6) is 0. The molecule has 0 aromatic carbocycles. The van der Waals surface area contributed by atoms with Gasteiger partial charge in [-0.1, -0.05) is 0 Å². The summed E-state index contributed by atoms with van der Waals surface area (Å²) in [6.07, 6.45) is 1.87. The zero-order valence-corrected chi connectivity index (χ0v) is 9.03. The van der Waals surface area contributed by atoms with E-state index in [2.05, 4.69) is 0 Å². The molecule has 5 heteroatoms. The van der Waals surface area contributed by atoms with Crippen molar-refractivity contribution in [1.29, 1.82) is 0 Å². The van der Waals surface area contributed by atoms with E-state index in [1.807, 2.05) is 27.7 Å². The maximum absolute atomic E-state index is 10.6. The van der Waals surface area contributed by atoms with Crippen LogP contribution in [-0.2, 0) is 14.1 Å². The second-order valence-electron chi connectivity index (χ2n) is 4.37. The van der Waals surface area contributed by atoms with E-state index >= 15 is 0 Å². The molecule has 0 radical (unpaired) electrons. The summed E-state index contributed by atoms with van der Waals surface area (Å²) in [6, 6.07) is 0. The molecular formula is C9H16BNO3. The predicted octanol–water partition coefficient (Wildman–Crippen LogP) is 0.659. The highest BCUT2D eigenvalue weighted by molar-refractivity contribution is 6.60. The number of rotatable bonds is 2. The van der Waals surface area contributed by atoms with Gasteiger partial charge in [-0.05, 0) is 33.9 Å². The van der Waals surface area contributed by atoms with Crippen molar-refractivity contribution in [3.8, 4) is 0 Å². The lowest BCUT2D eigenvalue weighted by atomic mass is 9.80. The Morgan fingerprint density at radius 1 is 1.21 bits per heavy atom. The Hall–Kier alpha value is -0.805. The number of aldehydes is 1. The summed E-state index contributed by atoms with van der Waals surface area (Å²) in [5.41, 5.74) is 4.74. The molecule has 1 aliphatic heterocycles. The fourth-order valence-corrected chi connectivity index (χ4v) is 1.15. The minimum absolute atomic E-state index is 0.323. The van der Waals surface area contributed by atoms with Crippen LogP contribution in [0.4, 0.5) is 0 Å². The van der Waals surface area contributed by atoms with Gasteiger partial charge in [0.15, 0.2) is 0 Å². The van der Waals surface area contributed by atoms with Crippen LogP contribution in [0.15, 0.2) is 11.7 Å². The van der Waals surface area contributed by atoms with E-state index in [9.17, 15) is 4.79 Å². The molecule has 1 aliphatic rings. The molecule has 78 valence electrons. The monoisotopic (exact) mass is 197 g/mol. The molecule has 4 nitrogen and oxygen atoms in total. The second kappa shape index (κ2) is 3.40. The lowest BCUT2D eigenvalue weighted by Gasteiger charge is -2.32. The van der Waals surface area contributed by atoms with Crippen LogP contribution < -0.4 is 5.73 Å². The van der Waals surface area contributed by atoms with Crippen molar-refractivity contribution < 1.29 is 14.1 Å². The van der Waals surface area contributed by atoms with Crippen LogP contribution >= 0.6 is 0 Å². The third-order valence-corrected chi connectivity index (χ3v) is 2.85. The number of hydrogen-bond donors (Lipinski definition) is 1. The van der Waals surface area contributed by atoms with Crippen molar-refractivity contribution in [2.45, 2.75) is 38.9 Å². The first-order chi connectivity index (χ1) is 6.34. The topological polar surface area (TPSA) is 61.5 Å². The number of nitrogens with two attached hydrogens (primary N) is 1. The molecular weight excluding hydrogens is 181 g/mol. The summed E-state index contributed by atoms with van der Waals surface area (Å²) in [7, 11) is -0.650. The minimum Gasteiger partial charge on any atom is -0.405 e. The van der Waals surface area contributed by atoms with Crippen molar-refractivity contribution in [3.63, 3.8) is 0 Å². The number of carbonyl (C=O) groups is 1. The zero-order chi connectivity index (χ0) is 11.0. The molecule has 14 heavy (non-hydrogen) atoms. The van der Waals surface area contributed by atoms with E-state index in [1.165, 1.54) is 6.20 Å². The van der Waals surface area contributed by atoms with Gasteiger partial charge < -0.3 is 15.0 Å². The van der Waals surface area contributed by atoms with Gasteiger partial charge in [0.25, 0.3) is 0 Å². The predicted molar refractivity (Wildman–Crippen MR) is 54.4 cm³/mol. The molecule has 0 saturated carbocycles. The smallest absolute Gasteiger partial charge is 0.405 e. The van der Waals surface area contributed by atoms with Gasteiger partial charge in [-0.25, -0.2) is 0 Å². The molecule has 1 heterocycles. The van der Waals surface area contributed by atoms with Crippen LogP contribution in [0.2, 0.25) is 0 Å². The van der Waals surface area contributed by atoms with Crippen LogP contribution in [0.3, 0.4) is 0 Å².